The summed E-state index contributed by atoms with van der Waals surface area (Å²) in [6.45, 7) is 4.60. The van der Waals surface area contributed by atoms with Crippen molar-refractivity contribution in [2.24, 2.45) is 0 Å². The predicted molar refractivity (Wildman–Crippen MR) is 86.8 cm³/mol. The highest BCUT2D eigenvalue weighted by Gasteiger charge is 2.29. The van der Waals surface area contributed by atoms with Crippen molar-refractivity contribution >= 4 is 38.2 Å². The number of para-hydroxylation sites is 1. The summed E-state index contributed by atoms with van der Waals surface area (Å²) in [5, 5.41) is 0.733. The molecule has 1 amide bonds. The van der Waals surface area contributed by atoms with Gasteiger partial charge < -0.3 is 0 Å². The van der Waals surface area contributed by atoms with Gasteiger partial charge in [-0.1, -0.05) is 48.2 Å². The SMILES string of the molecule is C=C1CN(c2nc3ccccc3s2)C(=O)c2ccccc21. The minimum Gasteiger partial charge on any atom is -0.279 e. The fourth-order valence-corrected chi connectivity index (χ4v) is 3.56. The number of fused-ring (bicyclic) bond motifs is 2. The summed E-state index contributed by atoms with van der Waals surface area (Å²) in [4.78, 5) is 19.0. The quantitative estimate of drug-likeness (QED) is 0.680. The highest BCUT2D eigenvalue weighted by Crippen LogP contribution is 2.34. The first-order chi connectivity index (χ1) is 10.2. The Hall–Kier alpha value is -2.46. The number of thiazole rings is 1. The van der Waals surface area contributed by atoms with Crippen LogP contribution in [-0.4, -0.2) is 17.4 Å². The summed E-state index contributed by atoms with van der Waals surface area (Å²) in [6.07, 6.45) is 0. The third-order valence-corrected chi connectivity index (χ3v) is 4.71. The van der Waals surface area contributed by atoms with Gasteiger partial charge in [0, 0.05) is 5.56 Å². The number of carbonyl (C=O) groups is 1. The van der Waals surface area contributed by atoms with Crippen molar-refractivity contribution < 1.29 is 4.79 Å². The average Bonchev–Trinajstić information content (AvgIpc) is 2.94. The van der Waals surface area contributed by atoms with Gasteiger partial charge in [0.2, 0.25) is 0 Å². The molecule has 21 heavy (non-hydrogen) atoms. The smallest absolute Gasteiger partial charge is 0.260 e. The second-order valence-electron chi connectivity index (χ2n) is 5.00. The normalized spacial score (nSPS) is 14.6. The van der Waals surface area contributed by atoms with Crippen LogP contribution in [0.25, 0.3) is 15.8 Å². The number of carbonyl (C=O) groups excluding carboxylic acids is 1. The number of hydrogen-bond acceptors (Lipinski definition) is 3. The molecule has 0 fully saturated rings. The van der Waals surface area contributed by atoms with Crippen molar-refractivity contribution in [3.63, 3.8) is 0 Å². The molecule has 1 aliphatic rings. The monoisotopic (exact) mass is 292 g/mol. The molecule has 102 valence electrons. The van der Waals surface area contributed by atoms with E-state index >= 15 is 0 Å². The number of amides is 1. The van der Waals surface area contributed by atoms with Gasteiger partial charge in [0.05, 0.1) is 16.8 Å². The molecule has 4 heteroatoms. The molecule has 3 nitrogen and oxygen atoms in total. The summed E-state index contributed by atoms with van der Waals surface area (Å²) in [5.41, 5.74) is 3.52. The van der Waals surface area contributed by atoms with E-state index < -0.39 is 0 Å². The van der Waals surface area contributed by atoms with Gasteiger partial charge in [-0.3, -0.25) is 9.69 Å². The van der Waals surface area contributed by atoms with E-state index in [0.717, 1.165) is 26.5 Å². The van der Waals surface area contributed by atoms with Gasteiger partial charge in [0.25, 0.3) is 5.91 Å². The minimum atomic E-state index is -0.00273. The number of nitrogens with zero attached hydrogens (tertiary/aromatic N) is 2. The molecule has 0 N–H and O–H groups in total. The third kappa shape index (κ3) is 1.87. The van der Waals surface area contributed by atoms with E-state index in [4.69, 9.17) is 0 Å². The predicted octanol–water partition coefficient (Wildman–Crippen LogP) is 3.97. The first-order valence-corrected chi connectivity index (χ1v) is 7.50. The summed E-state index contributed by atoms with van der Waals surface area (Å²) < 4.78 is 1.09. The molecule has 1 aromatic heterocycles. The van der Waals surface area contributed by atoms with Crippen LogP contribution in [0.4, 0.5) is 5.13 Å². The molecule has 2 heterocycles. The number of rotatable bonds is 1. The first kappa shape index (κ1) is 12.3. The van der Waals surface area contributed by atoms with Crippen LogP contribution in [0, 0.1) is 0 Å². The molecule has 4 rings (SSSR count). The lowest BCUT2D eigenvalue weighted by atomic mass is 9.96. The van der Waals surface area contributed by atoms with Gasteiger partial charge in [-0.25, -0.2) is 4.98 Å². The summed E-state index contributed by atoms with van der Waals surface area (Å²) >= 11 is 1.54. The molecule has 0 aliphatic carbocycles. The molecule has 0 atom stereocenters. The van der Waals surface area contributed by atoms with Crippen LogP contribution >= 0.6 is 11.3 Å². The van der Waals surface area contributed by atoms with E-state index in [9.17, 15) is 4.79 Å². The third-order valence-electron chi connectivity index (χ3n) is 3.65. The highest BCUT2D eigenvalue weighted by atomic mass is 32.1. The molecule has 0 spiro atoms. The average molecular weight is 292 g/mol. The van der Waals surface area contributed by atoms with Crippen LogP contribution in [-0.2, 0) is 0 Å². The molecule has 0 unspecified atom stereocenters. The van der Waals surface area contributed by atoms with Crippen LogP contribution in [0.15, 0.2) is 55.1 Å². The Morgan fingerprint density at radius 2 is 1.76 bits per heavy atom. The van der Waals surface area contributed by atoms with Crippen molar-refractivity contribution in [1.29, 1.82) is 0 Å². The second-order valence-corrected chi connectivity index (χ2v) is 6.01. The van der Waals surface area contributed by atoms with Crippen LogP contribution in [0.5, 0.6) is 0 Å². The maximum Gasteiger partial charge on any atom is 0.260 e. The zero-order valence-corrected chi connectivity index (χ0v) is 12.1. The van der Waals surface area contributed by atoms with Crippen molar-refractivity contribution in [3.05, 3.63) is 66.2 Å². The van der Waals surface area contributed by atoms with Crippen LogP contribution < -0.4 is 4.90 Å². The molecule has 2 aromatic carbocycles. The molecule has 0 bridgehead atoms. The Balaban J connectivity index is 1.83. The first-order valence-electron chi connectivity index (χ1n) is 6.68. The van der Waals surface area contributed by atoms with Crippen molar-refractivity contribution in [3.8, 4) is 0 Å². The summed E-state index contributed by atoms with van der Waals surface area (Å²) in [7, 11) is 0. The van der Waals surface area contributed by atoms with Gasteiger partial charge in [0.15, 0.2) is 5.13 Å². The Labute approximate surface area is 126 Å². The van der Waals surface area contributed by atoms with Gasteiger partial charge >= 0.3 is 0 Å². The van der Waals surface area contributed by atoms with E-state index in [0.29, 0.717) is 12.1 Å². The maximum atomic E-state index is 12.7. The van der Waals surface area contributed by atoms with Gasteiger partial charge in [0.1, 0.15) is 0 Å². The van der Waals surface area contributed by atoms with Gasteiger partial charge in [-0.2, -0.15) is 0 Å². The Morgan fingerprint density at radius 1 is 1.05 bits per heavy atom. The lowest BCUT2D eigenvalue weighted by molar-refractivity contribution is 0.0987. The fourth-order valence-electron chi connectivity index (χ4n) is 2.60. The maximum absolute atomic E-state index is 12.7. The summed E-state index contributed by atoms with van der Waals surface area (Å²) in [5.74, 6) is -0.00273. The molecular weight excluding hydrogens is 280 g/mol. The summed E-state index contributed by atoms with van der Waals surface area (Å²) in [6, 6.07) is 15.5. The lowest BCUT2D eigenvalue weighted by Crippen LogP contribution is -2.36. The standard InChI is InChI=1S/C17H12N2OS/c1-11-10-19(16(20)13-7-3-2-6-12(11)13)17-18-14-8-4-5-9-15(14)21-17/h2-9H,1,10H2. The van der Waals surface area contributed by atoms with Crippen LogP contribution in [0.3, 0.4) is 0 Å². The van der Waals surface area contributed by atoms with Gasteiger partial charge in [-0.05, 0) is 29.3 Å². The fraction of sp³-hybridized carbons (Fsp3) is 0.0588. The van der Waals surface area contributed by atoms with Crippen LogP contribution in [0.1, 0.15) is 15.9 Å². The van der Waals surface area contributed by atoms with Crippen molar-refractivity contribution in [2.45, 2.75) is 0 Å². The largest absolute Gasteiger partial charge is 0.279 e. The van der Waals surface area contributed by atoms with Crippen molar-refractivity contribution in [2.75, 3.05) is 11.4 Å². The Bertz CT molecular complexity index is 848. The van der Waals surface area contributed by atoms with E-state index in [2.05, 4.69) is 11.6 Å². The Kier molecular flexibility index (Phi) is 2.65. The van der Waals surface area contributed by atoms with Gasteiger partial charge in [-0.15, -0.1) is 0 Å². The number of aromatic nitrogens is 1. The minimum absolute atomic E-state index is 0.00273. The number of anilines is 1. The molecule has 0 saturated carbocycles. The van der Waals surface area contributed by atoms with E-state index in [-0.39, 0.29) is 5.91 Å². The van der Waals surface area contributed by atoms with Crippen molar-refractivity contribution in [1.82, 2.24) is 4.98 Å². The zero-order chi connectivity index (χ0) is 14.4. The number of hydrogen-bond donors (Lipinski definition) is 0. The topological polar surface area (TPSA) is 33.2 Å². The van der Waals surface area contributed by atoms with E-state index in [1.807, 2.05) is 48.5 Å². The molecule has 3 aromatic rings. The van der Waals surface area contributed by atoms with Crippen LogP contribution in [0.2, 0.25) is 0 Å². The number of benzene rings is 2. The molecule has 1 aliphatic heterocycles. The van der Waals surface area contributed by atoms with E-state index in [1.165, 1.54) is 11.3 Å². The second kappa shape index (κ2) is 4.53. The van der Waals surface area contributed by atoms with E-state index in [1.54, 1.807) is 4.90 Å². The Morgan fingerprint density at radius 3 is 2.57 bits per heavy atom. The molecule has 0 saturated heterocycles. The molecule has 0 radical (unpaired) electrons. The molecular formula is C17H12N2OS. The lowest BCUT2D eigenvalue weighted by Gasteiger charge is -2.27. The highest BCUT2D eigenvalue weighted by molar-refractivity contribution is 7.22. The zero-order valence-electron chi connectivity index (χ0n) is 11.2.